The van der Waals surface area contributed by atoms with Gasteiger partial charge in [-0.25, -0.2) is 4.39 Å². The zero-order chi connectivity index (χ0) is 14.2. The highest BCUT2D eigenvalue weighted by molar-refractivity contribution is 5.60. The second-order valence-electron chi connectivity index (χ2n) is 4.16. The van der Waals surface area contributed by atoms with Crippen molar-refractivity contribution in [1.82, 2.24) is 4.98 Å². The van der Waals surface area contributed by atoms with E-state index < -0.39 is 23.1 Å². The molecule has 1 aromatic heterocycles. The lowest BCUT2D eigenvalue weighted by molar-refractivity contribution is -0.137. The number of pyridine rings is 1. The van der Waals surface area contributed by atoms with Crippen molar-refractivity contribution in [2.24, 2.45) is 0 Å². The van der Waals surface area contributed by atoms with Crippen LogP contribution in [0.3, 0.4) is 0 Å². The highest BCUT2D eigenvalue weighted by atomic mass is 19.4. The van der Waals surface area contributed by atoms with Crippen LogP contribution >= 0.6 is 0 Å². The van der Waals surface area contributed by atoms with E-state index >= 15 is 0 Å². The van der Waals surface area contributed by atoms with Gasteiger partial charge in [0, 0.05) is 17.3 Å². The van der Waals surface area contributed by atoms with E-state index in [1.165, 1.54) is 12.1 Å². The zero-order valence-corrected chi connectivity index (χ0v) is 9.81. The quantitative estimate of drug-likeness (QED) is 0.791. The van der Waals surface area contributed by atoms with Crippen molar-refractivity contribution in [3.63, 3.8) is 0 Å². The molecule has 0 saturated carbocycles. The third-order valence-electron chi connectivity index (χ3n) is 2.52. The molecular formula is C13H9F4NO. The Labute approximate surface area is 105 Å². The summed E-state index contributed by atoms with van der Waals surface area (Å²) in [6, 6.07) is 5.06. The lowest BCUT2D eigenvalue weighted by Gasteiger charge is -2.09. The smallest absolute Gasteiger partial charge is 0.322 e. The van der Waals surface area contributed by atoms with Crippen LogP contribution in [0.1, 0.15) is 11.1 Å². The van der Waals surface area contributed by atoms with Crippen molar-refractivity contribution in [1.29, 1.82) is 0 Å². The molecule has 100 valence electrons. The maximum Gasteiger partial charge on any atom is 0.416 e. The Morgan fingerprint density at radius 1 is 1.05 bits per heavy atom. The number of benzene rings is 1. The Morgan fingerprint density at radius 3 is 2.32 bits per heavy atom. The summed E-state index contributed by atoms with van der Waals surface area (Å²) < 4.78 is 51.0. The van der Waals surface area contributed by atoms with Gasteiger partial charge in [-0.2, -0.15) is 13.2 Å². The topological polar surface area (TPSA) is 32.9 Å². The minimum Gasteiger partial charge on any atom is -0.322 e. The largest absolute Gasteiger partial charge is 0.416 e. The van der Waals surface area contributed by atoms with Gasteiger partial charge in [-0.3, -0.25) is 4.79 Å². The monoisotopic (exact) mass is 271 g/mol. The van der Waals surface area contributed by atoms with Gasteiger partial charge in [0.05, 0.1) is 5.56 Å². The molecule has 6 heteroatoms. The number of alkyl halides is 3. The fraction of sp³-hybridized carbons (Fsp3) is 0.154. The summed E-state index contributed by atoms with van der Waals surface area (Å²) in [4.78, 5) is 13.5. The number of rotatable bonds is 1. The summed E-state index contributed by atoms with van der Waals surface area (Å²) in [6.45, 7) is 1.61. The van der Waals surface area contributed by atoms with E-state index in [9.17, 15) is 22.4 Å². The van der Waals surface area contributed by atoms with Gasteiger partial charge in [-0.1, -0.05) is 0 Å². The summed E-state index contributed by atoms with van der Waals surface area (Å²) in [7, 11) is 0. The molecule has 0 unspecified atom stereocenters. The number of aromatic amines is 1. The highest BCUT2D eigenvalue weighted by Crippen LogP contribution is 2.30. The van der Waals surface area contributed by atoms with E-state index in [-0.39, 0.29) is 11.3 Å². The molecule has 2 nitrogen and oxygen atoms in total. The van der Waals surface area contributed by atoms with Crippen molar-refractivity contribution in [3.8, 4) is 11.3 Å². The second kappa shape index (κ2) is 4.53. The molecule has 1 heterocycles. The molecule has 2 aromatic rings. The van der Waals surface area contributed by atoms with Gasteiger partial charge in [0.15, 0.2) is 0 Å². The van der Waals surface area contributed by atoms with Crippen molar-refractivity contribution in [2.75, 3.05) is 0 Å². The highest BCUT2D eigenvalue weighted by Gasteiger charge is 2.31. The van der Waals surface area contributed by atoms with Crippen LogP contribution in [-0.4, -0.2) is 4.98 Å². The van der Waals surface area contributed by atoms with E-state index in [1.54, 1.807) is 6.92 Å². The summed E-state index contributed by atoms with van der Waals surface area (Å²) in [5.41, 5.74) is -1.27. The van der Waals surface area contributed by atoms with Crippen molar-refractivity contribution in [2.45, 2.75) is 13.1 Å². The van der Waals surface area contributed by atoms with E-state index in [0.717, 1.165) is 12.1 Å². The lowest BCUT2D eigenvalue weighted by Crippen LogP contribution is -2.13. The van der Waals surface area contributed by atoms with Gasteiger partial charge in [0.25, 0.3) is 0 Å². The first kappa shape index (κ1) is 13.3. The summed E-state index contributed by atoms with van der Waals surface area (Å²) in [5, 5.41) is 0. The van der Waals surface area contributed by atoms with E-state index in [0.29, 0.717) is 11.6 Å². The van der Waals surface area contributed by atoms with E-state index in [2.05, 4.69) is 4.98 Å². The van der Waals surface area contributed by atoms with Gasteiger partial charge < -0.3 is 4.98 Å². The van der Waals surface area contributed by atoms with Gasteiger partial charge in [-0.15, -0.1) is 0 Å². The molecule has 0 aliphatic rings. The van der Waals surface area contributed by atoms with Crippen LogP contribution in [0.15, 0.2) is 35.1 Å². The third kappa shape index (κ3) is 3.01. The lowest BCUT2D eigenvalue weighted by atomic mass is 10.1. The van der Waals surface area contributed by atoms with Crippen LogP contribution in [-0.2, 0) is 6.18 Å². The normalized spacial score (nSPS) is 11.6. The van der Waals surface area contributed by atoms with E-state index in [4.69, 9.17) is 0 Å². The maximum atomic E-state index is 13.2. The zero-order valence-electron chi connectivity index (χ0n) is 9.81. The van der Waals surface area contributed by atoms with Crippen LogP contribution < -0.4 is 5.56 Å². The number of hydrogen-bond donors (Lipinski definition) is 1. The third-order valence-corrected chi connectivity index (χ3v) is 2.52. The molecule has 19 heavy (non-hydrogen) atoms. The number of halogens is 4. The molecule has 1 aromatic carbocycles. The average Bonchev–Trinajstić information content (AvgIpc) is 2.25. The second-order valence-corrected chi connectivity index (χ2v) is 4.16. The van der Waals surface area contributed by atoms with Crippen LogP contribution in [0.4, 0.5) is 17.6 Å². The standard InChI is InChI=1S/C13H9F4NO/c1-7-2-8(4-10(14)3-7)11-5-9(13(15,16)17)6-12(19)18-11/h2-6H,1H3,(H,18,19). The minimum atomic E-state index is -4.62. The number of H-pyrrole nitrogens is 1. The fourth-order valence-corrected chi connectivity index (χ4v) is 1.75. The minimum absolute atomic E-state index is 0.0672. The van der Waals surface area contributed by atoms with Crippen LogP contribution in [0.5, 0.6) is 0 Å². The first-order chi connectivity index (χ1) is 8.75. The molecule has 0 bridgehead atoms. The Kier molecular flexibility index (Phi) is 3.18. The molecule has 0 aliphatic heterocycles. The molecule has 0 atom stereocenters. The predicted octanol–water partition coefficient (Wildman–Crippen LogP) is 3.51. The summed E-state index contributed by atoms with van der Waals surface area (Å²) in [5.74, 6) is -0.576. The average molecular weight is 271 g/mol. The van der Waals surface area contributed by atoms with Crippen molar-refractivity contribution in [3.05, 3.63) is 57.6 Å². The first-order valence-corrected chi connectivity index (χ1v) is 5.35. The number of hydrogen-bond acceptors (Lipinski definition) is 1. The predicted molar refractivity (Wildman–Crippen MR) is 62.2 cm³/mol. The Bertz CT molecular complexity index is 653. The SMILES string of the molecule is Cc1cc(F)cc(-c2cc(C(F)(F)F)cc(=O)[nH]2)c1. The summed E-state index contributed by atoms with van der Waals surface area (Å²) >= 11 is 0. The first-order valence-electron chi connectivity index (χ1n) is 5.35. The molecule has 0 fully saturated rings. The van der Waals surface area contributed by atoms with E-state index in [1.807, 2.05) is 0 Å². The molecule has 1 N–H and O–H groups in total. The number of aromatic nitrogens is 1. The number of nitrogens with one attached hydrogen (secondary N) is 1. The van der Waals surface area contributed by atoms with Gasteiger partial charge in [-0.05, 0) is 36.8 Å². The molecule has 2 rings (SSSR count). The Morgan fingerprint density at radius 2 is 1.74 bits per heavy atom. The Hall–Kier alpha value is -2.11. The van der Waals surface area contributed by atoms with Gasteiger partial charge in [0.2, 0.25) is 5.56 Å². The molecule has 0 spiro atoms. The van der Waals surface area contributed by atoms with Crippen LogP contribution in [0.2, 0.25) is 0 Å². The van der Waals surface area contributed by atoms with Crippen LogP contribution in [0.25, 0.3) is 11.3 Å². The Balaban J connectivity index is 2.63. The molecule has 0 saturated heterocycles. The molecule has 0 radical (unpaired) electrons. The van der Waals surface area contributed by atoms with Gasteiger partial charge in [0.1, 0.15) is 5.82 Å². The number of aryl methyl sites for hydroxylation is 1. The molecule has 0 aliphatic carbocycles. The van der Waals surface area contributed by atoms with Crippen molar-refractivity contribution < 1.29 is 17.6 Å². The molecular weight excluding hydrogens is 262 g/mol. The summed E-state index contributed by atoms with van der Waals surface area (Å²) in [6.07, 6.45) is -4.62. The van der Waals surface area contributed by atoms with Crippen molar-refractivity contribution >= 4 is 0 Å². The fourth-order valence-electron chi connectivity index (χ4n) is 1.75. The van der Waals surface area contributed by atoms with Crippen LogP contribution in [0, 0.1) is 12.7 Å². The molecule has 0 amide bonds. The maximum absolute atomic E-state index is 13.2. The van der Waals surface area contributed by atoms with Gasteiger partial charge >= 0.3 is 6.18 Å².